The van der Waals surface area contributed by atoms with Crippen molar-refractivity contribution in [2.75, 3.05) is 12.4 Å². The Hall–Kier alpha value is -0.0900. The summed E-state index contributed by atoms with van der Waals surface area (Å²) in [5.41, 5.74) is 0. The van der Waals surface area contributed by atoms with E-state index in [4.69, 9.17) is 5.11 Å². The highest BCUT2D eigenvalue weighted by atomic mass is 32.2. The second-order valence-corrected chi connectivity index (χ2v) is 6.02. The molecule has 1 aliphatic carbocycles. The molecule has 0 aromatic heterocycles. The third kappa shape index (κ3) is 1.38. The summed E-state index contributed by atoms with van der Waals surface area (Å²) < 4.78 is 22.5. The molecule has 12 heavy (non-hydrogen) atoms. The lowest BCUT2D eigenvalue weighted by atomic mass is 9.85. The van der Waals surface area contributed by atoms with Crippen LogP contribution in [0.4, 0.5) is 0 Å². The fourth-order valence-electron chi connectivity index (χ4n) is 1.62. The first-order valence-corrected chi connectivity index (χ1v) is 6.06. The summed E-state index contributed by atoms with van der Waals surface area (Å²) in [4.78, 5) is 0. The summed E-state index contributed by atoms with van der Waals surface area (Å²) in [6.07, 6.45) is 2.87. The average molecular weight is 192 g/mol. The summed E-state index contributed by atoms with van der Waals surface area (Å²) >= 11 is 0. The van der Waals surface area contributed by atoms with Gasteiger partial charge in [-0.1, -0.05) is 13.3 Å². The molecule has 0 aromatic carbocycles. The Bertz CT molecular complexity index is 234. The van der Waals surface area contributed by atoms with Crippen LogP contribution in [0.1, 0.15) is 32.6 Å². The van der Waals surface area contributed by atoms with Gasteiger partial charge in [0, 0.05) is 0 Å². The van der Waals surface area contributed by atoms with Crippen LogP contribution < -0.4 is 0 Å². The number of hydrogen-bond acceptors (Lipinski definition) is 3. The van der Waals surface area contributed by atoms with Crippen molar-refractivity contribution in [3.8, 4) is 0 Å². The van der Waals surface area contributed by atoms with Gasteiger partial charge in [0.2, 0.25) is 0 Å². The highest BCUT2D eigenvalue weighted by molar-refractivity contribution is 7.92. The molecule has 0 aromatic rings. The molecule has 1 saturated carbocycles. The standard InChI is InChI=1S/C8H16O3S/c1-2-6-12(10,11)8(7-9)4-3-5-8/h9H,2-7H2,1H3. The van der Waals surface area contributed by atoms with Crippen molar-refractivity contribution in [2.45, 2.75) is 37.4 Å². The fourth-order valence-corrected chi connectivity index (χ4v) is 3.70. The SMILES string of the molecule is CCCS(=O)(=O)C1(CO)CCC1. The number of aliphatic hydroxyl groups is 1. The van der Waals surface area contributed by atoms with Gasteiger partial charge in [0.1, 0.15) is 0 Å². The first-order chi connectivity index (χ1) is 5.58. The summed E-state index contributed by atoms with van der Waals surface area (Å²) in [5, 5.41) is 9.02. The topological polar surface area (TPSA) is 54.4 Å². The second-order valence-electron chi connectivity index (χ2n) is 3.51. The molecule has 0 heterocycles. The Morgan fingerprint density at radius 3 is 2.25 bits per heavy atom. The second kappa shape index (κ2) is 3.34. The number of hydrogen-bond donors (Lipinski definition) is 1. The molecule has 0 bridgehead atoms. The molecule has 0 unspecified atom stereocenters. The van der Waals surface area contributed by atoms with Crippen LogP contribution >= 0.6 is 0 Å². The first kappa shape index (κ1) is 9.99. The smallest absolute Gasteiger partial charge is 0.158 e. The van der Waals surface area contributed by atoms with Crippen LogP contribution in [0.3, 0.4) is 0 Å². The van der Waals surface area contributed by atoms with E-state index in [0.717, 1.165) is 6.42 Å². The third-order valence-corrected chi connectivity index (χ3v) is 5.49. The molecule has 0 amide bonds. The van der Waals surface area contributed by atoms with Crippen molar-refractivity contribution >= 4 is 9.84 Å². The predicted molar refractivity (Wildman–Crippen MR) is 47.7 cm³/mol. The van der Waals surface area contributed by atoms with Gasteiger partial charge in [0.05, 0.1) is 17.1 Å². The van der Waals surface area contributed by atoms with Crippen molar-refractivity contribution in [2.24, 2.45) is 0 Å². The summed E-state index contributed by atoms with van der Waals surface area (Å²) in [7, 11) is -3.04. The van der Waals surface area contributed by atoms with Crippen LogP contribution in [-0.4, -0.2) is 30.6 Å². The lowest BCUT2D eigenvalue weighted by Crippen LogP contribution is -2.49. The Labute approximate surface area is 73.7 Å². The molecule has 1 aliphatic rings. The van der Waals surface area contributed by atoms with Crippen LogP contribution in [0.15, 0.2) is 0 Å². The molecule has 0 radical (unpaired) electrons. The largest absolute Gasteiger partial charge is 0.395 e. The van der Waals surface area contributed by atoms with Gasteiger partial charge < -0.3 is 5.11 Å². The van der Waals surface area contributed by atoms with Crippen molar-refractivity contribution in [1.82, 2.24) is 0 Å². The van der Waals surface area contributed by atoms with E-state index < -0.39 is 14.6 Å². The van der Waals surface area contributed by atoms with Gasteiger partial charge in [-0.25, -0.2) is 8.42 Å². The molecular formula is C8H16O3S. The molecule has 1 fully saturated rings. The van der Waals surface area contributed by atoms with Crippen molar-refractivity contribution in [3.05, 3.63) is 0 Å². The van der Waals surface area contributed by atoms with Gasteiger partial charge in [-0.3, -0.25) is 0 Å². The number of rotatable bonds is 4. The quantitative estimate of drug-likeness (QED) is 0.714. The summed E-state index contributed by atoms with van der Waals surface area (Å²) in [6.45, 7) is 1.65. The van der Waals surface area contributed by atoms with Gasteiger partial charge in [-0.05, 0) is 19.3 Å². The van der Waals surface area contributed by atoms with Crippen molar-refractivity contribution in [3.63, 3.8) is 0 Å². The van der Waals surface area contributed by atoms with E-state index in [1.54, 1.807) is 0 Å². The summed E-state index contributed by atoms with van der Waals surface area (Å²) in [6, 6.07) is 0. The van der Waals surface area contributed by atoms with Crippen LogP contribution in [0.5, 0.6) is 0 Å². The molecule has 3 nitrogen and oxygen atoms in total. The molecule has 4 heteroatoms. The van der Waals surface area contributed by atoms with Crippen LogP contribution in [0.25, 0.3) is 0 Å². The van der Waals surface area contributed by atoms with Crippen LogP contribution in [0, 0.1) is 0 Å². The Morgan fingerprint density at radius 1 is 1.42 bits per heavy atom. The van der Waals surface area contributed by atoms with Crippen molar-refractivity contribution < 1.29 is 13.5 Å². The Kier molecular flexibility index (Phi) is 2.78. The van der Waals surface area contributed by atoms with E-state index in [-0.39, 0.29) is 12.4 Å². The summed E-state index contributed by atoms with van der Waals surface area (Å²) in [5.74, 6) is 0.216. The van der Waals surface area contributed by atoms with Gasteiger partial charge >= 0.3 is 0 Å². The predicted octanol–water partition coefficient (Wildman–Crippen LogP) is 0.726. The average Bonchev–Trinajstić information content (AvgIpc) is 1.84. The normalized spacial score (nSPS) is 21.8. The fraction of sp³-hybridized carbons (Fsp3) is 1.00. The minimum atomic E-state index is -3.04. The molecule has 1 rings (SSSR count). The molecule has 0 aliphatic heterocycles. The van der Waals surface area contributed by atoms with Gasteiger partial charge in [0.25, 0.3) is 0 Å². The van der Waals surface area contributed by atoms with Gasteiger partial charge in [-0.15, -0.1) is 0 Å². The zero-order valence-electron chi connectivity index (χ0n) is 7.41. The lowest BCUT2D eigenvalue weighted by Gasteiger charge is -2.39. The first-order valence-electron chi connectivity index (χ1n) is 4.41. The molecule has 1 N–H and O–H groups in total. The van der Waals surface area contributed by atoms with E-state index in [1.807, 2.05) is 6.92 Å². The Balaban J connectivity index is 2.78. The maximum atomic E-state index is 11.6. The number of aliphatic hydroxyl groups excluding tert-OH is 1. The number of sulfone groups is 1. The third-order valence-electron chi connectivity index (χ3n) is 2.69. The molecule has 0 atom stereocenters. The highest BCUT2D eigenvalue weighted by Crippen LogP contribution is 2.39. The monoisotopic (exact) mass is 192 g/mol. The van der Waals surface area contributed by atoms with E-state index in [0.29, 0.717) is 19.3 Å². The lowest BCUT2D eigenvalue weighted by molar-refractivity contribution is 0.182. The molecule has 72 valence electrons. The molecule has 0 saturated heterocycles. The minimum absolute atomic E-state index is 0.199. The van der Waals surface area contributed by atoms with E-state index in [9.17, 15) is 8.42 Å². The maximum absolute atomic E-state index is 11.6. The minimum Gasteiger partial charge on any atom is -0.395 e. The van der Waals surface area contributed by atoms with Crippen LogP contribution in [-0.2, 0) is 9.84 Å². The van der Waals surface area contributed by atoms with Crippen LogP contribution in [0.2, 0.25) is 0 Å². The highest BCUT2D eigenvalue weighted by Gasteiger charge is 2.47. The van der Waals surface area contributed by atoms with E-state index in [1.165, 1.54) is 0 Å². The Morgan fingerprint density at radius 2 is 2.00 bits per heavy atom. The van der Waals surface area contributed by atoms with E-state index in [2.05, 4.69) is 0 Å². The molecular weight excluding hydrogens is 176 g/mol. The zero-order valence-corrected chi connectivity index (χ0v) is 8.23. The van der Waals surface area contributed by atoms with E-state index >= 15 is 0 Å². The molecule has 0 spiro atoms. The maximum Gasteiger partial charge on any atom is 0.158 e. The van der Waals surface area contributed by atoms with Crippen molar-refractivity contribution in [1.29, 1.82) is 0 Å². The zero-order chi connectivity index (χ0) is 9.24. The van der Waals surface area contributed by atoms with Gasteiger partial charge in [-0.2, -0.15) is 0 Å². The van der Waals surface area contributed by atoms with Gasteiger partial charge in [0.15, 0.2) is 9.84 Å².